The summed E-state index contributed by atoms with van der Waals surface area (Å²) in [5.41, 5.74) is 2.54. The van der Waals surface area contributed by atoms with Gasteiger partial charge in [0.25, 0.3) is 5.91 Å². The predicted octanol–water partition coefficient (Wildman–Crippen LogP) is 4.17. The Bertz CT molecular complexity index is 1050. The van der Waals surface area contributed by atoms with Crippen LogP contribution >= 0.6 is 0 Å². The van der Waals surface area contributed by atoms with Gasteiger partial charge in [0, 0.05) is 35.9 Å². The molecular weight excluding hydrogens is 412 g/mol. The van der Waals surface area contributed by atoms with Gasteiger partial charge in [-0.15, -0.1) is 0 Å². The Morgan fingerprint density at radius 3 is 2.34 bits per heavy atom. The maximum absolute atomic E-state index is 12.4. The molecule has 32 heavy (non-hydrogen) atoms. The number of hydrogen-bond donors (Lipinski definition) is 1. The molecule has 1 heterocycles. The number of carbonyl (C=O) groups excluding carboxylic acids is 2. The first-order valence-electron chi connectivity index (χ1n) is 10.1. The van der Waals surface area contributed by atoms with Crippen molar-refractivity contribution in [2.24, 2.45) is 0 Å². The first-order valence-corrected chi connectivity index (χ1v) is 10.1. The number of methoxy groups -OCH3 is 2. The fourth-order valence-corrected chi connectivity index (χ4v) is 2.92. The van der Waals surface area contributed by atoms with E-state index >= 15 is 0 Å². The molecule has 0 aliphatic carbocycles. The van der Waals surface area contributed by atoms with Gasteiger partial charge < -0.3 is 23.9 Å². The van der Waals surface area contributed by atoms with E-state index in [-0.39, 0.29) is 12.8 Å². The fraction of sp³-hybridized carbons (Fsp3) is 0.292. The minimum Gasteiger partial charge on any atom is -0.497 e. The molecule has 2 aromatic carbocycles. The summed E-state index contributed by atoms with van der Waals surface area (Å²) in [6, 6.07) is 12.8. The average Bonchev–Trinajstić information content (AvgIpc) is 3.26. The number of rotatable bonds is 9. The Morgan fingerprint density at radius 1 is 1.06 bits per heavy atom. The van der Waals surface area contributed by atoms with Gasteiger partial charge in [-0.25, -0.2) is 4.98 Å². The number of carbonyl (C=O) groups is 2. The van der Waals surface area contributed by atoms with E-state index < -0.39 is 18.0 Å². The summed E-state index contributed by atoms with van der Waals surface area (Å²) in [5, 5.41) is 2.69. The van der Waals surface area contributed by atoms with Crippen molar-refractivity contribution in [3.63, 3.8) is 0 Å². The number of aryl methyl sites for hydroxylation is 2. The zero-order valence-electron chi connectivity index (χ0n) is 18.5. The van der Waals surface area contributed by atoms with Gasteiger partial charge in [-0.05, 0) is 13.8 Å². The SMILES string of the molecule is COc1cc(NC(=O)C(C)OC(=O)CCc2ncc(-c3ccc(C)cc3)o2)cc(OC)c1. The largest absolute Gasteiger partial charge is 0.497 e. The number of anilines is 1. The molecule has 0 bridgehead atoms. The van der Waals surface area contributed by atoms with E-state index in [1.807, 2.05) is 31.2 Å². The molecule has 1 atom stereocenters. The number of amides is 1. The van der Waals surface area contributed by atoms with Gasteiger partial charge in [-0.3, -0.25) is 9.59 Å². The summed E-state index contributed by atoms with van der Waals surface area (Å²) in [6.45, 7) is 3.52. The van der Waals surface area contributed by atoms with Gasteiger partial charge in [0.15, 0.2) is 17.8 Å². The summed E-state index contributed by atoms with van der Waals surface area (Å²) >= 11 is 0. The van der Waals surface area contributed by atoms with Crippen molar-refractivity contribution in [1.29, 1.82) is 0 Å². The minimum absolute atomic E-state index is 0.0401. The smallest absolute Gasteiger partial charge is 0.307 e. The van der Waals surface area contributed by atoms with Gasteiger partial charge in [-0.2, -0.15) is 0 Å². The molecule has 3 rings (SSSR count). The lowest BCUT2D eigenvalue weighted by Gasteiger charge is -2.14. The van der Waals surface area contributed by atoms with E-state index in [9.17, 15) is 9.59 Å². The summed E-state index contributed by atoms with van der Waals surface area (Å²) < 4.78 is 21.3. The second-order valence-corrected chi connectivity index (χ2v) is 7.21. The molecular formula is C24H26N2O6. The van der Waals surface area contributed by atoms with Crippen molar-refractivity contribution in [2.75, 3.05) is 19.5 Å². The van der Waals surface area contributed by atoms with Crippen LogP contribution in [0.1, 0.15) is 24.8 Å². The summed E-state index contributed by atoms with van der Waals surface area (Å²) in [5.74, 6) is 1.13. The van der Waals surface area contributed by atoms with Crippen LogP contribution in [0.3, 0.4) is 0 Å². The number of ether oxygens (including phenoxy) is 3. The van der Waals surface area contributed by atoms with Crippen LogP contribution in [-0.2, 0) is 20.7 Å². The van der Waals surface area contributed by atoms with Gasteiger partial charge in [0.1, 0.15) is 11.5 Å². The van der Waals surface area contributed by atoms with Crippen LogP contribution in [0.5, 0.6) is 11.5 Å². The van der Waals surface area contributed by atoms with Crippen LogP contribution in [0.25, 0.3) is 11.3 Å². The second-order valence-electron chi connectivity index (χ2n) is 7.21. The fourth-order valence-electron chi connectivity index (χ4n) is 2.92. The number of hydrogen-bond acceptors (Lipinski definition) is 7. The lowest BCUT2D eigenvalue weighted by molar-refractivity contribution is -0.153. The number of oxazole rings is 1. The number of aromatic nitrogens is 1. The predicted molar refractivity (Wildman–Crippen MR) is 119 cm³/mol. The molecule has 0 fully saturated rings. The van der Waals surface area contributed by atoms with Crippen LogP contribution < -0.4 is 14.8 Å². The van der Waals surface area contributed by atoms with Gasteiger partial charge in [0.2, 0.25) is 0 Å². The van der Waals surface area contributed by atoms with Crippen LogP contribution in [0.4, 0.5) is 5.69 Å². The first kappa shape index (κ1) is 22.9. The molecule has 0 saturated heterocycles. The highest BCUT2D eigenvalue weighted by Gasteiger charge is 2.19. The summed E-state index contributed by atoms with van der Waals surface area (Å²) in [6.07, 6.45) is 0.960. The third kappa shape index (κ3) is 6.10. The quantitative estimate of drug-likeness (QED) is 0.501. The molecule has 0 radical (unpaired) electrons. The number of nitrogens with zero attached hydrogens (tertiary/aromatic N) is 1. The van der Waals surface area contributed by atoms with E-state index in [4.69, 9.17) is 18.6 Å². The Morgan fingerprint density at radius 2 is 1.72 bits per heavy atom. The molecule has 0 aliphatic rings. The standard InChI is InChI=1S/C24H26N2O6/c1-15-5-7-17(8-6-15)21-14-25-22(32-21)9-10-23(27)31-16(2)24(28)26-18-11-19(29-3)13-20(12-18)30-4/h5-8,11-14,16H,9-10H2,1-4H3,(H,26,28). The molecule has 3 aromatic rings. The van der Waals surface area contributed by atoms with Crippen LogP contribution in [-0.4, -0.2) is 37.2 Å². The number of esters is 1. The highest BCUT2D eigenvalue weighted by molar-refractivity contribution is 5.95. The minimum atomic E-state index is -0.979. The Hall–Kier alpha value is -3.81. The maximum Gasteiger partial charge on any atom is 0.307 e. The van der Waals surface area contributed by atoms with Crippen LogP contribution in [0.2, 0.25) is 0 Å². The van der Waals surface area contributed by atoms with Crippen LogP contribution in [0.15, 0.2) is 53.1 Å². The topological polar surface area (TPSA) is 99.9 Å². The van der Waals surface area contributed by atoms with E-state index in [2.05, 4.69) is 10.3 Å². The summed E-state index contributed by atoms with van der Waals surface area (Å²) in [7, 11) is 3.03. The molecule has 8 nitrogen and oxygen atoms in total. The highest BCUT2D eigenvalue weighted by atomic mass is 16.5. The lowest BCUT2D eigenvalue weighted by atomic mass is 10.1. The third-order valence-corrected chi connectivity index (χ3v) is 4.73. The summed E-state index contributed by atoms with van der Waals surface area (Å²) in [4.78, 5) is 28.8. The van der Waals surface area contributed by atoms with Crippen molar-refractivity contribution in [1.82, 2.24) is 4.98 Å². The maximum atomic E-state index is 12.4. The molecule has 1 aromatic heterocycles. The molecule has 0 spiro atoms. The lowest BCUT2D eigenvalue weighted by Crippen LogP contribution is -2.30. The molecule has 1 unspecified atom stereocenters. The third-order valence-electron chi connectivity index (χ3n) is 4.73. The second kappa shape index (κ2) is 10.5. The van der Waals surface area contributed by atoms with Crippen molar-refractivity contribution < 1.29 is 28.2 Å². The average molecular weight is 438 g/mol. The van der Waals surface area contributed by atoms with E-state index in [1.54, 1.807) is 24.4 Å². The van der Waals surface area contributed by atoms with Crippen LogP contribution in [0, 0.1) is 6.92 Å². The van der Waals surface area contributed by atoms with Crippen molar-refractivity contribution >= 4 is 17.6 Å². The van der Waals surface area contributed by atoms with Crippen molar-refractivity contribution in [3.05, 3.63) is 60.1 Å². The highest BCUT2D eigenvalue weighted by Crippen LogP contribution is 2.26. The molecule has 8 heteroatoms. The normalized spacial score (nSPS) is 11.5. The Kier molecular flexibility index (Phi) is 7.49. The van der Waals surface area contributed by atoms with Gasteiger partial charge >= 0.3 is 5.97 Å². The zero-order valence-corrected chi connectivity index (χ0v) is 18.5. The van der Waals surface area contributed by atoms with Crippen molar-refractivity contribution in [3.8, 4) is 22.8 Å². The van der Waals surface area contributed by atoms with Gasteiger partial charge in [0.05, 0.1) is 26.8 Å². The molecule has 1 N–H and O–H groups in total. The molecule has 0 saturated carbocycles. The number of nitrogens with one attached hydrogen (secondary N) is 1. The van der Waals surface area contributed by atoms with Gasteiger partial charge in [-0.1, -0.05) is 29.8 Å². The Labute approximate surface area is 186 Å². The molecule has 0 aliphatic heterocycles. The van der Waals surface area contributed by atoms with E-state index in [1.165, 1.54) is 21.1 Å². The monoisotopic (exact) mass is 438 g/mol. The van der Waals surface area contributed by atoms with E-state index in [0.717, 1.165) is 11.1 Å². The molecule has 168 valence electrons. The first-order chi connectivity index (χ1) is 15.4. The van der Waals surface area contributed by atoms with Crippen molar-refractivity contribution in [2.45, 2.75) is 32.8 Å². The molecule has 1 amide bonds. The Balaban J connectivity index is 1.50. The number of benzene rings is 2. The van der Waals surface area contributed by atoms with E-state index in [0.29, 0.717) is 28.8 Å². The zero-order chi connectivity index (χ0) is 23.1.